The number of carbonyl (C=O) groups is 1. The van der Waals surface area contributed by atoms with Gasteiger partial charge in [-0.15, -0.1) is 0 Å². The maximum absolute atomic E-state index is 11.9. The van der Waals surface area contributed by atoms with Crippen molar-refractivity contribution in [2.45, 2.75) is 32.8 Å². The maximum atomic E-state index is 11.9. The zero-order valence-electron chi connectivity index (χ0n) is 15.0. The first-order valence-corrected chi connectivity index (χ1v) is 8.87. The third-order valence-corrected chi connectivity index (χ3v) is 4.18. The zero-order chi connectivity index (χ0) is 18.6. The first kappa shape index (κ1) is 17.1. The Morgan fingerprint density at radius 3 is 2.81 bits per heavy atom. The second-order valence-corrected chi connectivity index (χ2v) is 6.29. The molecule has 0 saturated heterocycles. The molecule has 1 aromatic carbocycles. The molecule has 0 fully saturated rings. The van der Waals surface area contributed by atoms with Gasteiger partial charge in [0.1, 0.15) is 29.9 Å². The quantitative estimate of drug-likeness (QED) is 0.730. The Balaban J connectivity index is 1.33. The van der Waals surface area contributed by atoms with Gasteiger partial charge in [-0.05, 0) is 31.1 Å². The first-order valence-electron chi connectivity index (χ1n) is 8.87. The van der Waals surface area contributed by atoms with Crippen LogP contribution in [0.25, 0.3) is 0 Å². The van der Waals surface area contributed by atoms with Crippen molar-refractivity contribution in [2.24, 2.45) is 20.0 Å². The van der Waals surface area contributed by atoms with Gasteiger partial charge in [0.15, 0.2) is 0 Å². The van der Waals surface area contributed by atoms with E-state index in [1.165, 1.54) is 0 Å². The molecule has 136 valence electrons. The summed E-state index contributed by atoms with van der Waals surface area (Å²) in [5.41, 5.74) is 0.981. The van der Waals surface area contributed by atoms with Crippen LogP contribution in [0.5, 0.6) is 0 Å². The molecule has 0 aromatic heterocycles. The third-order valence-electron chi connectivity index (χ3n) is 4.18. The Labute approximate surface area is 157 Å². The van der Waals surface area contributed by atoms with Crippen LogP contribution >= 0.6 is 0 Å². The monoisotopic (exact) mass is 361 g/mol. The Morgan fingerprint density at radius 1 is 1.11 bits per heavy atom. The minimum Gasteiger partial charge on any atom is -0.461 e. The SMILES string of the molecule is CC1=NC2=NC(CCCC(=O)OCc3ccccc3)=NC3=CC=CC(=N1)N32. The number of aliphatic imine (C=N–C) groups is 4. The van der Waals surface area contributed by atoms with Crippen molar-refractivity contribution >= 4 is 29.4 Å². The lowest BCUT2D eigenvalue weighted by molar-refractivity contribution is -0.145. The van der Waals surface area contributed by atoms with Gasteiger partial charge in [-0.3, -0.25) is 4.79 Å². The summed E-state index contributed by atoms with van der Waals surface area (Å²) >= 11 is 0. The van der Waals surface area contributed by atoms with Gasteiger partial charge in [-0.25, -0.2) is 14.9 Å². The number of esters is 1. The minimum atomic E-state index is -0.217. The van der Waals surface area contributed by atoms with Crippen LogP contribution in [0.4, 0.5) is 0 Å². The van der Waals surface area contributed by atoms with Crippen LogP contribution in [-0.2, 0) is 16.1 Å². The highest BCUT2D eigenvalue weighted by Crippen LogP contribution is 2.23. The van der Waals surface area contributed by atoms with Crippen molar-refractivity contribution in [3.05, 3.63) is 59.9 Å². The molecular formula is C20H19N5O2. The fourth-order valence-corrected chi connectivity index (χ4v) is 2.91. The van der Waals surface area contributed by atoms with Crippen molar-refractivity contribution in [3.63, 3.8) is 0 Å². The summed E-state index contributed by atoms with van der Waals surface area (Å²) in [4.78, 5) is 31.6. The molecule has 0 radical (unpaired) electrons. The maximum Gasteiger partial charge on any atom is 0.306 e. The van der Waals surface area contributed by atoms with Crippen molar-refractivity contribution in [1.29, 1.82) is 0 Å². The van der Waals surface area contributed by atoms with Gasteiger partial charge in [0.25, 0.3) is 0 Å². The molecule has 0 aliphatic carbocycles. The van der Waals surface area contributed by atoms with E-state index in [1.54, 1.807) is 0 Å². The van der Waals surface area contributed by atoms with Gasteiger partial charge in [0.2, 0.25) is 5.96 Å². The van der Waals surface area contributed by atoms with Crippen LogP contribution in [0, 0.1) is 0 Å². The van der Waals surface area contributed by atoms with Crippen LogP contribution in [0.15, 0.2) is 74.4 Å². The predicted octanol–water partition coefficient (Wildman–Crippen LogP) is 3.21. The van der Waals surface area contributed by atoms with E-state index in [0.717, 1.165) is 17.2 Å². The summed E-state index contributed by atoms with van der Waals surface area (Å²) in [5, 5.41) is 0. The lowest BCUT2D eigenvalue weighted by Gasteiger charge is -2.30. The Morgan fingerprint density at radius 2 is 1.96 bits per heavy atom. The molecule has 27 heavy (non-hydrogen) atoms. The highest BCUT2D eigenvalue weighted by atomic mass is 16.5. The molecule has 0 saturated carbocycles. The smallest absolute Gasteiger partial charge is 0.306 e. The molecule has 0 spiro atoms. The molecule has 0 unspecified atom stereocenters. The summed E-state index contributed by atoms with van der Waals surface area (Å²) in [7, 11) is 0. The van der Waals surface area contributed by atoms with Gasteiger partial charge < -0.3 is 4.74 Å². The zero-order valence-corrected chi connectivity index (χ0v) is 15.0. The van der Waals surface area contributed by atoms with Crippen molar-refractivity contribution in [2.75, 3.05) is 0 Å². The van der Waals surface area contributed by atoms with Crippen LogP contribution in [0.3, 0.4) is 0 Å². The number of hydrogen-bond donors (Lipinski definition) is 0. The highest BCUT2D eigenvalue weighted by Gasteiger charge is 2.29. The van der Waals surface area contributed by atoms with Crippen LogP contribution in [0.1, 0.15) is 31.7 Å². The highest BCUT2D eigenvalue weighted by molar-refractivity contribution is 6.20. The summed E-state index contributed by atoms with van der Waals surface area (Å²) < 4.78 is 5.30. The topological polar surface area (TPSA) is 79.0 Å². The van der Waals surface area contributed by atoms with E-state index < -0.39 is 0 Å². The third kappa shape index (κ3) is 3.92. The fraction of sp³-hybridized carbons (Fsp3) is 0.250. The van der Waals surface area contributed by atoms with Gasteiger partial charge in [0, 0.05) is 12.8 Å². The van der Waals surface area contributed by atoms with Crippen LogP contribution in [0.2, 0.25) is 0 Å². The summed E-state index contributed by atoms with van der Waals surface area (Å²) in [6.45, 7) is 2.14. The number of allylic oxidation sites excluding steroid dienone is 2. The number of benzene rings is 1. The van der Waals surface area contributed by atoms with E-state index >= 15 is 0 Å². The Bertz CT molecular complexity index is 938. The molecule has 3 aliphatic heterocycles. The molecule has 4 rings (SSSR count). The number of hydrogen-bond acceptors (Lipinski definition) is 7. The lowest BCUT2D eigenvalue weighted by atomic mass is 10.2. The molecular weight excluding hydrogens is 342 g/mol. The van der Waals surface area contributed by atoms with Crippen molar-refractivity contribution in [3.8, 4) is 0 Å². The van der Waals surface area contributed by atoms with Gasteiger partial charge >= 0.3 is 5.97 Å². The average Bonchev–Trinajstić information content (AvgIpc) is 2.67. The molecule has 7 nitrogen and oxygen atoms in total. The number of guanidine groups is 1. The second-order valence-electron chi connectivity index (χ2n) is 6.29. The molecule has 0 N–H and O–H groups in total. The first-order chi connectivity index (χ1) is 13.2. The van der Waals surface area contributed by atoms with E-state index in [1.807, 2.05) is 60.4 Å². The number of ether oxygens (including phenoxy) is 1. The minimum absolute atomic E-state index is 0.217. The molecule has 7 heteroatoms. The number of amidine groups is 3. The van der Waals surface area contributed by atoms with Gasteiger partial charge in [0.05, 0.1) is 0 Å². The molecule has 0 amide bonds. The van der Waals surface area contributed by atoms with E-state index in [9.17, 15) is 4.79 Å². The van der Waals surface area contributed by atoms with Crippen LogP contribution < -0.4 is 0 Å². The fourth-order valence-electron chi connectivity index (χ4n) is 2.91. The Hall–Kier alpha value is -3.35. The number of nitrogens with zero attached hydrogens (tertiary/aromatic N) is 5. The van der Waals surface area contributed by atoms with Gasteiger partial charge in [-0.1, -0.05) is 36.4 Å². The van der Waals surface area contributed by atoms with E-state index in [2.05, 4.69) is 20.0 Å². The summed E-state index contributed by atoms with van der Waals surface area (Å²) in [6.07, 6.45) is 7.25. The van der Waals surface area contributed by atoms with E-state index in [0.29, 0.717) is 43.5 Å². The molecule has 1 aromatic rings. The lowest BCUT2D eigenvalue weighted by Crippen LogP contribution is -2.41. The second kappa shape index (κ2) is 7.49. The normalized spacial score (nSPS) is 17.2. The Kier molecular flexibility index (Phi) is 4.74. The predicted molar refractivity (Wildman–Crippen MR) is 105 cm³/mol. The summed E-state index contributed by atoms with van der Waals surface area (Å²) in [5.74, 6) is 3.20. The summed E-state index contributed by atoms with van der Waals surface area (Å²) in [6, 6.07) is 9.65. The largest absolute Gasteiger partial charge is 0.461 e. The molecule has 0 atom stereocenters. The number of carbonyl (C=O) groups excluding carboxylic acids is 1. The van der Waals surface area contributed by atoms with E-state index in [-0.39, 0.29) is 5.97 Å². The molecule has 3 heterocycles. The van der Waals surface area contributed by atoms with Crippen LogP contribution in [-0.4, -0.2) is 34.3 Å². The number of rotatable bonds is 6. The average molecular weight is 361 g/mol. The molecule has 0 bridgehead atoms. The molecule has 3 aliphatic rings. The van der Waals surface area contributed by atoms with Crippen molar-refractivity contribution < 1.29 is 9.53 Å². The standard InChI is InChI=1S/C20H19N5O2/c1-14-21-17-10-6-11-18-23-16(24-20(22-14)25(17)18)9-5-12-19(26)27-13-15-7-3-2-4-8-15/h2-4,6-8,10-11H,5,9,12-13H2,1H3. The van der Waals surface area contributed by atoms with E-state index in [4.69, 9.17) is 4.74 Å². The van der Waals surface area contributed by atoms with Crippen molar-refractivity contribution in [1.82, 2.24) is 4.90 Å². The van der Waals surface area contributed by atoms with Gasteiger partial charge in [-0.2, -0.15) is 9.98 Å².